The first-order valence-corrected chi connectivity index (χ1v) is 5.96. The molecule has 8 heteroatoms. The maximum Gasteiger partial charge on any atom is 0.209 e. The molecule has 7 nitrogen and oxygen atoms in total. The Balaban J connectivity index is 3.79. The van der Waals surface area contributed by atoms with Crippen LogP contribution < -0.4 is 21.7 Å². The minimum Gasteiger partial charge on any atom is -0.356 e. The van der Waals surface area contributed by atoms with Crippen molar-refractivity contribution in [3.63, 3.8) is 0 Å². The zero-order valence-corrected chi connectivity index (χ0v) is 8.97. The smallest absolute Gasteiger partial charge is 0.209 e. The molecule has 0 saturated heterocycles. The zero-order chi connectivity index (χ0) is 11.0. The second kappa shape index (κ2) is 6.57. The molecule has 6 N–H and O–H groups in total. The van der Waals surface area contributed by atoms with Crippen LogP contribution in [0.15, 0.2) is 4.99 Å². The van der Waals surface area contributed by atoms with Crippen molar-refractivity contribution in [1.29, 1.82) is 0 Å². The van der Waals surface area contributed by atoms with E-state index in [-0.39, 0.29) is 5.75 Å². The predicted octanol–water partition coefficient (Wildman–Crippen LogP) is -1.91. The molecule has 0 unspecified atom stereocenters. The van der Waals surface area contributed by atoms with E-state index in [0.717, 1.165) is 0 Å². The quantitative estimate of drug-likeness (QED) is 0.142. The largest absolute Gasteiger partial charge is 0.356 e. The molecule has 0 aromatic carbocycles. The van der Waals surface area contributed by atoms with Gasteiger partial charge in [-0.1, -0.05) is 0 Å². The topological polar surface area (TPSA) is 123 Å². The first kappa shape index (κ1) is 13.1. The molecule has 0 aliphatic rings. The van der Waals surface area contributed by atoms with Crippen molar-refractivity contribution in [1.82, 2.24) is 10.7 Å². The lowest BCUT2D eigenvalue weighted by atomic mass is 10.5. The van der Waals surface area contributed by atoms with Crippen LogP contribution >= 0.6 is 0 Å². The number of nitrogens with zero attached hydrogens (tertiary/aromatic N) is 1. The molecule has 0 aromatic heterocycles. The Morgan fingerprint density at radius 3 is 2.57 bits per heavy atom. The van der Waals surface area contributed by atoms with Crippen molar-refractivity contribution in [2.45, 2.75) is 13.3 Å². The number of aliphatic imine (C=N–C) groups is 1. The fraction of sp³-hybridized carbons (Fsp3) is 0.833. The summed E-state index contributed by atoms with van der Waals surface area (Å²) in [6, 6.07) is 0. The van der Waals surface area contributed by atoms with Gasteiger partial charge in [0.25, 0.3) is 0 Å². The summed E-state index contributed by atoms with van der Waals surface area (Å²) in [7, 11) is -3.38. The standard InChI is InChI=1S/C6H17N5O2S/c1-2-9-6(11-7)10-4-3-5-14(8,12)13/h2-5,7H2,1H3,(H2,8,12,13)(H2,9,10,11). The molecule has 0 rings (SSSR count). The van der Waals surface area contributed by atoms with E-state index in [9.17, 15) is 8.42 Å². The van der Waals surface area contributed by atoms with Gasteiger partial charge in [0.15, 0.2) is 0 Å². The fourth-order valence-corrected chi connectivity index (χ4v) is 1.31. The number of guanidine groups is 1. The van der Waals surface area contributed by atoms with Gasteiger partial charge in [0, 0.05) is 13.1 Å². The SMILES string of the molecule is CCNC(=NCCCS(N)(=O)=O)NN. The third-order valence-electron chi connectivity index (χ3n) is 1.34. The monoisotopic (exact) mass is 223 g/mol. The highest BCUT2D eigenvalue weighted by molar-refractivity contribution is 7.89. The van der Waals surface area contributed by atoms with Gasteiger partial charge in [0.05, 0.1) is 5.75 Å². The average Bonchev–Trinajstić information content (AvgIpc) is 2.08. The van der Waals surface area contributed by atoms with Gasteiger partial charge in [-0.3, -0.25) is 10.4 Å². The van der Waals surface area contributed by atoms with E-state index in [1.54, 1.807) is 0 Å². The summed E-state index contributed by atoms with van der Waals surface area (Å²) in [6.45, 7) is 2.96. The molecule has 0 atom stereocenters. The Hall–Kier alpha value is -0.860. The summed E-state index contributed by atoms with van der Waals surface area (Å²) in [5, 5.41) is 7.67. The van der Waals surface area contributed by atoms with Crippen molar-refractivity contribution >= 4 is 16.0 Å². The lowest BCUT2D eigenvalue weighted by Crippen LogP contribution is -2.41. The average molecular weight is 223 g/mol. The van der Waals surface area contributed by atoms with Crippen LogP contribution in [0.4, 0.5) is 0 Å². The van der Waals surface area contributed by atoms with Crippen LogP contribution in [0.1, 0.15) is 13.3 Å². The molecule has 0 spiro atoms. The van der Waals surface area contributed by atoms with Crippen LogP contribution in [0.5, 0.6) is 0 Å². The Bertz CT molecular complexity index is 274. The lowest BCUT2D eigenvalue weighted by Gasteiger charge is -2.05. The van der Waals surface area contributed by atoms with Gasteiger partial charge >= 0.3 is 0 Å². The Morgan fingerprint density at radius 1 is 1.50 bits per heavy atom. The lowest BCUT2D eigenvalue weighted by molar-refractivity contribution is 0.595. The van der Waals surface area contributed by atoms with E-state index in [2.05, 4.69) is 15.7 Å². The molecule has 0 radical (unpaired) electrons. The molecule has 0 fully saturated rings. The molecule has 0 aromatic rings. The maximum atomic E-state index is 10.5. The van der Waals surface area contributed by atoms with Crippen LogP contribution in [0.3, 0.4) is 0 Å². The normalized spacial score (nSPS) is 12.6. The van der Waals surface area contributed by atoms with Crippen molar-refractivity contribution in [3.8, 4) is 0 Å². The van der Waals surface area contributed by atoms with Crippen LogP contribution in [0.2, 0.25) is 0 Å². The number of hydrogen-bond donors (Lipinski definition) is 4. The van der Waals surface area contributed by atoms with E-state index in [1.165, 1.54) is 0 Å². The minimum absolute atomic E-state index is 0.0690. The van der Waals surface area contributed by atoms with Gasteiger partial charge in [0.2, 0.25) is 16.0 Å². The van der Waals surface area contributed by atoms with Gasteiger partial charge in [0.1, 0.15) is 0 Å². The van der Waals surface area contributed by atoms with Gasteiger partial charge in [-0.2, -0.15) is 0 Å². The summed E-state index contributed by atoms with van der Waals surface area (Å²) < 4.78 is 21.1. The van der Waals surface area contributed by atoms with Crippen LogP contribution in [0.25, 0.3) is 0 Å². The second-order valence-corrected chi connectivity index (χ2v) is 4.36. The van der Waals surface area contributed by atoms with Crippen LogP contribution in [0, 0.1) is 0 Å². The van der Waals surface area contributed by atoms with E-state index < -0.39 is 10.0 Å². The van der Waals surface area contributed by atoms with Gasteiger partial charge in [-0.15, -0.1) is 0 Å². The summed E-state index contributed by atoms with van der Waals surface area (Å²) in [5.41, 5.74) is 2.36. The van der Waals surface area contributed by atoms with Gasteiger partial charge < -0.3 is 5.32 Å². The molecule has 0 aliphatic heterocycles. The third-order valence-corrected chi connectivity index (χ3v) is 2.20. The molecular formula is C6H17N5O2S. The summed E-state index contributed by atoms with van der Waals surface area (Å²) in [5.74, 6) is 5.52. The van der Waals surface area contributed by atoms with Gasteiger partial charge in [-0.05, 0) is 13.3 Å². The minimum atomic E-state index is -3.38. The molecule has 0 bridgehead atoms. The van der Waals surface area contributed by atoms with E-state index in [4.69, 9.17) is 11.0 Å². The number of rotatable bonds is 5. The van der Waals surface area contributed by atoms with Crippen molar-refractivity contribution in [3.05, 3.63) is 0 Å². The second-order valence-electron chi connectivity index (χ2n) is 2.63. The number of hydrazine groups is 1. The van der Waals surface area contributed by atoms with Crippen LogP contribution in [-0.2, 0) is 10.0 Å². The molecular weight excluding hydrogens is 206 g/mol. The molecule has 84 valence electrons. The number of nitrogens with two attached hydrogens (primary N) is 2. The first-order valence-electron chi connectivity index (χ1n) is 4.25. The van der Waals surface area contributed by atoms with E-state index in [0.29, 0.717) is 25.5 Å². The third kappa shape index (κ3) is 7.77. The first-order chi connectivity index (χ1) is 6.49. The number of nitrogens with one attached hydrogen (secondary N) is 2. The van der Waals surface area contributed by atoms with Crippen molar-refractivity contribution < 1.29 is 8.42 Å². The van der Waals surface area contributed by atoms with E-state index >= 15 is 0 Å². The number of sulfonamides is 1. The summed E-state index contributed by atoms with van der Waals surface area (Å²) in [6.07, 6.45) is 0.384. The molecule has 0 aliphatic carbocycles. The summed E-state index contributed by atoms with van der Waals surface area (Å²) >= 11 is 0. The molecule has 0 saturated carbocycles. The Kier molecular flexibility index (Phi) is 6.17. The summed E-state index contributed by atoms with van der Waals surface area (Å²) in [4.78, 5) is 3.98. The van der Waals surface area contributed by atoms with E-state index in [1.807, 2.05) is 6.92 Å². The van der Waals surface area contributed by atoms with Crippen molar-refractivity contribution in [2.75, 3.05) is 18.8 Å². The van der Waals surface area contributed by atoms with Gasteiger partial charge in [-0.25, -0.2) is 19.4 Å². The van der Waals surface area contributed by atoms with Crippen molar-refractivity contribution in [2.24, 2.45) is 16.0 Å². The highest BCUT2D eigenvalue weighted by Gasteiger charge is 2.01. The molecule has 0 amide bonds. The number of primary sulfonamides is 1. The highest BCUT2D eigenvalue weighted by atomic mass is 32.2. The number of hydrogen-bond acceptors (Lipinski definition) is 4. The highest BCUT2D eigenvalue weighted by Crippen LogP contribution is 1.86. The molecule has 0 heterocycles. The zero-order valence-electron chi connectivity index (χ0n) is 8.16. The molecule has 14 heavy (non-hydrogen) atoms. The Morgan fingerprint density at radius 2 is 2.14 bits per heavy atom. The maximum absolute atomic E-state index is 10.5. The Labute approximate surface area is 84.0 Å². The fourth-order valence-electron chi connectivity index (χ4n) is 0.777. The van der Waals surface area contributed by atoms with Crippen LogP contribution in [-0.4, -0.2) is 33.2 Å². The predicted molar refractivity (Wildman–Crippen MR) is 55.9 cm³/mol.